The molecule has 108 valence electrons. The van der Waals surface area contributed by atoms with Crippen molar-refractivity contribution in [2.45, 2.75) is 45.1 Å². The van der Waals surface area contributed by atoms with E-state index < -0.39 is 11.8 Å². The molecule has 0 aromatic heterocycles. The quantitative estimate of drug-likeness (QED) is 0.543. The van der Waals surface area contributed by atoms with Crippen molar-refractivity contribution >= 4 is 18.2 Å². The van der Waals surface area contributed by atoms with Crippen LogP contribution in [0.4, 0.5) is 0 Å². The second-order valence-corrected chi connectivity index (χ2v) is 5.09. The molecule has 6 heteroatoms. The van der Waals surface area contributed by atoms with E-state index in [0.29, 0.717) is 25.3 Å². The maximum atomic E-state index is 11.8. The van der Waals surface area contributed by atoms with E-state index in [4.69, 9.17) is 5.73 Å². The molecule has 0 radical (unpaired) electrons. The molecule has 0 aliphatic heterocycles. The molecule has 0 spiro atoms. The number of amides is 3. The number of imide groups is 1. The van der Waals surface area contributed by atoms with Crippen LogP contribution in [0.3, 0.4) is 0 Å². The van der Waals surface area contributed by atoms with Crippen molar-refractivity contribution < 1.29 is 14.4 Å². The third-order valence-corrected chi connectivity index (χ3v) is 3.61. The Labute approximate surface area is 113 Å². The normalized spacial score (nSPS) is 22.6. The third kappa shape index (κ3) is 4.63. The molecule has 3 amide bonds. The highest BCUT2D eigenvalue weighted by molar-refractivity contribution is 6.36. The first-order valence-corrected chi connectivity index (χ1v) is 6.87. The zero-order valence-electron chi connectivity index (χ0n) is 11.4. The first-order valence-electron chi connectivity index (χ1n) is 6.87. The van der Waals surface area contributed by atoms with E-state index in [0.717, 1.165) is 24.2 Å². The number of nitrogens with zero attached hydrogens (tertiary/aromatic N) is 1. The van der Waals surface area contributed by atoms with Gasteiger partial charge >= 0.3 is 11.8 Å². The van der Waals surface area contributed by atoms with Crippen molar-refractivity contribution in [1.82, 2.24) is 10.2 Å². The Hall–Kier alpha value is -1.43. The van der Waals surface area contributed by atoms with Crippen molar-refractivity contribution in [3.8, 4) is 0 Å². The smallest absolute Gasteiger partial charge is 0.318 e. The second-order valence-electron chi connectivity index (χ2n) is 5.09. The molecule has 0 heterocycles. The van der Waals surface area contributed by atoms with E-state index in [1.807, 2.05) is 0 Å². The minimum atomic E-state index is -0.791. The standard InChI is InChI=1S/C13H23N3O3/c1-10-5-2-3-6-11(10)15-12(18)13(19)16(9-17)8-4-7-14/h9-11H,2-8,14H2,1H3,(H,15,18). The fraction of sp³-hybridized carbons (Fsp3) is 0.769. The molecule has 1 saturated carbocycles. The lowest BCUT2D eigenvalue weighted by molar-refractivity contribution is -0.149. The Balaban J connectivity index is 2.50. The van der Waals surface area contributed by atoms with Crippen LogP contribution in [0, 0.1) is 5.92 Å². The molecule has 0 saturated heterocycles. The van der Waals surface area contributed by atoms with Gasteiger partial charge in [-0.25, -0.2) is 0 Å². The Kier molecular flexibility index (Phi) is 6.49. The molecule has 6 nitrogen and oxygen atoms in total. The van der Waals surface area contributed by atoms with E-state index in [2.05, 4.69) is 12.2 Å². The Morgan fingerprint density at radius 3 is 2.63 bits per heavy atom. The minimum Gasteiger partial charge on any atom is -0.345 e. The van der Waals surface area contributed by atoms with Gasteiger partial charge in [0.2, 0.25) is 6.41 Å². The van der Waals surface area contributed by atoms with Crippen LogP contribution in [0.15, 0.2) is 0 Å². The number of nitrogens with two attached hydrogens (primary N) is 1. The molecule has 0 aromatic rings. The summed E-state index contributed by atoms with van der Waals surface area (Å²) in [5, 5.41) is 2.74. The van der Waals surface area contributed by atoms with Gasteiger partial charge in [0.25, 0.3) is 0 Å². The number of carbonyl (C=O) groups excluding carboxylic acids is 3. The Bertz CT molecular complexity index is 333. The lowest BCUT2D eigenvalue weighted by atomic mass is 9.86. The number of carbonyl (C=O) groups is 3. The van der Waals surface area contributed by atoms with Crippen molar-refractivity contribution in [1.29, 1.82) is 0 Å². The van der Waals surface area contributed by atoms with Gasteiger partial charge in [-0.2, -0.15) is 0 Å². The van der Waals surface area contributed by atoms with E-state index in [1.54, 1.807) is 0 Å². The number of hydrogen-bond donors (Lipinski definition) is 2. The van der Waals surface area contributed by atoms with Crippen molar-refractivity contribution in [3.05, 3.63) is 0 Å². The highest BCUT2D eigenvalue weighted by Gasteiger charge is 2.27. The van der Waals surface area contributed by atoms with Crippen LogP contribution < -0.4 is 11.1 Å². The summed E-state index contributed by atoms with van der Waals surface area (Å²) in [6.45, 7) is 2.63. The van der Waals surface area contributed by atoms with Crippen molar-refractivity contribution in [3.63, 3.8) is 0 Å². The van der Waals surface area contributed by atoms with E-state index >= 15 is 0 Å². The van der Waals surface area contributed by atoms with Crippen LogP contribution in [-0.4, -0.2) is 42.3 Å². The van der Waals surface area contributed by atoms with Crippen molar-refractivity contribution in [2.24, 2.45) is 11.7 Å². The maximum absolute atomic E-state index is 11.8. The summed E-state index contributed by atoms with van der Waals surface area (Å²) in [4.78, 5) is 35.3. The molecular formula is C13H23N3O3. The van der Waals surface area contributed by atoms with Crippen LogP contribution in [0.5, 0.6) is 0 Å². The van der Waals surface area contributed by atoms with Crippen LogP contribution in [0.25, 0.3) is 0 Å². The zero-order chi connectivity index (χ0) is 14.3. The molecule has 1 rings (SSSR count). The predicted octanol–water partition coefficient (Wildman–Crippen LogP) is 0.0151. The van der Waals surface area contributed by atoms with Crippen LogP contribution >= 0.6 is 0 Å². The van der Waals surface area contributed by atoms with E-state index in [-0.39, 0.29) is 12.6 Å². The van der Waals surface area contributed by atoms with Gasteiger partial charge in [0.05, 0.1) is 0 Å². The minimum absolute atomic E-state index is 0.0354. The van der Waals surface area contributed by atoms with Crippen LogP contribution in [-0.2, 0) is 14.4 Å². The Morgan fingerprint density at radius 1 is 1.37 bits per heavy atom. The topological polar surface area (TPSA) is 92.5 Å². The number of rotatable bonds is 5. The molecule has 19 heavy (non-hydrogen) atoms. The molecule has 3 N–H and O–H groups in total. The van der Waals surface area contributed by atoms with Gasteiger partial charge in [0.1, 0.15) is 0 Å². The van der Waals surface area contributed by atoms with Crippen LogP contribution in [0.2, 0.25) is 0 Å². The van der Waals surface area contributed by atoms with E-state index in [9.17, 15) is 14.4 Å². The first-order chi connectivity index (χ1) is 9.10. The average molecular weight is 269 g/mol. The van der Waals surface area contributed by atoms with Gasteiger partial charge in [-0.05, 0) is 31.7 Å². The lowest BCUT2D eigenvalue weighted by Crippen LogP contribution is -2.49. The summed E-state index contributed by atoms with van der Waals surface area (Å²) in [5.41, 5.74) is 5.32. The summed E-state index contributed by atoms with van der Waals surface area (Å²) >= 11 is 0. The summed E-state index contributed by atoms with van der Waals surface area (Å²) < 4.78 is 0. The summed E-state index contributed by atoms with van der Waals surface area (Å²) in [6.07, 6.45) is 5.07. The first kappa shape index (κ1) is 15.6. The summed E-state index contributed by atoms with van der Waals surface area (Å²) in [5.74, 6) is -1.11. The molecule has 2 atom stereocenters. The second kappa shape index (κ2) is 7.89. The molecular weight excluding hydrogens is 246 g/mol. The molecule has 0 aromatic carbocycles. The SMILES string of the molecule is CC1CCCCC1NC(=O)C(=O)N(C=O)CCCN. The van der Waals surface area contributed by atoms with Gasteiger partial charge in [-0.1, -0.05) is 19.8 Å². The zero-order valence-corrected chi connectivity index (χ0v) is 11.4. The monoisotopic (exact) mass is 269 g/mol. The Morgan fingerprint density at radius 2 is 2.05 bits per heavy atom. The third-order valence-electron chi connectivity index (χ3n) is 3.61. The largest absolute Gasteiger partial charge is 0.345 e. The van der Waals surface area contributed by atoms with E-state index in [1.165, 1.54) is 6.42 Å². The van der Waals surface area contributed by atoms with Crippen molar-refractivity contribution in [2.75, 3.05) is 13.1 Å². The average Bonchev–Trinajstić information content (AvgIpc) is 2.42. The van der Waals surface area contributed by atoms with Gasteiger partial charge in [0, 0.05) is 12.6 Å². The molecule has 1 fully saturated rings. The van der Waals surface area contributed by atoms with Gasteiger partial charge in [-0.3, -0.25) is 19.3 Å². The summed E-state index contributed by atoms with van der Waals surface area (Å²) in [7, 11) is 0. The lowest BCUT2D eigenvalue weighted by Gasteiger charge is -2.29. The number of nitrogens with one attached hydrogen (secondary N) is 1. The highest BCUT2D eigenvalue weighted by atomic mass is 16.2. The van der Waals surface area contributed by atoms with Crippen LogP contribution in [0.1, 0.15) is 39.0 Å². The molecule has 1 aliphatic rings. The molecule has 0 bridgehead atoms. The number of hydrogen-bond acceptors (Lipinski definition) is 4. The molecule has 1 aliphatic carbocycles. The molecule has 2 unspecified atom stereocenters. The summed E-state index contributed by atoms with van der Waals surface area (Å²) in [6, 6.07) is 0.0354. The maximum Gasteiger partial charge on any atom is 0.318 e. The fourth-order valence-corrected chi connectivity index (χ4v) is 2.35. The highest BCUT2D eigenvalue weighted by Crippen LogP contribution is 2.23. The van der Waals surface area contributed by atoms with Gasteiger partial charge in [0.15, 0.2) is 0 Å². The van der Waals surface area contributed by atoms with Gasteiger partial charge < -0.3 is 11.1 Å². The predicted molar refractivity (Wildman–Crippen MR) is 71.0 cm³/mol. The van der Waals surface area contributed by atoms with Gasteiger partial charge in [-0.15, -0.1) is 0 Å². The fourth-order valence-electron chi connectivity index (χ4n) is 2.35.